The van der Waals surface area contributed by atoms with Crippen molar-refractivity contribution in [2.45, 2.75) is 13.5 Å². The summed E-state index contributed by atoms with van der Waals surface area (Å²) in [6.45, 7) is 2.78. The van der Waals surface area contributed by atoms with E-state index in [1.54, 1.807) is 18.2 Å². The van der Waals surface area contributed by atoms with Gasteiger partial charge in [0.2, 0.25) is 0 Å². The van der Waals surface area contributed by atoms with Crippen molar-refractivity contribution < 1.29 is 14.2 Å². The summed E-state index contributed by atoms with van der Waals surface area (Å²) in [7, 11) is 0. The molecule has 2 aromatic carbocycles. The van der Waals surface area contributed by atoms with E-state index in [9.17, 15) is 9.50 Å². The van der Waals surface area contributed by atoms with E-state index in [0.717, 1.165) is 11.3 Å². The Hall–Kier alpha value is -1.75. The normalized spacial score (nSPS) is 10.3. The lowest BCUT2D eigenvalue weighted by Crippen LogP contribution is -2.01. The van der Waals surface area contributed by atoms with Crippen LogP contribution >= 0.6 is 15.9 Å². The standard InChI is InChI=1S/C15H15BrFNO2/c1-2-20-14-5-3-4-10(15(14)19)9-18-11-6-7-13(17)12(16)8-11/h3-8,18-19H,2,9H2,1H3. The molecule has 0 atom stereocenters. The molecule has 0 aliphatic carbocycles. The van der Waals surface area contributed by atoms with Gasteiger partial charge in [0.25, 0.3) is 0 Å². The zero-order valence-corrected chi connectivity index (χ0v) is 12.6. The van der Waals surface area contributed by atoms with Crippen molar-refractivity contribution in [1.82, 2.24) is 0 Å². The smallest absolute Gasteiger partial charge is 0.162 e. The van der Waals surface area contributed by atoms with Crippen molar-refractivity contribution in [1.29, 1.82) is 0 Å². The molecule has 0 unspecified atom stereocenters. The van der Waals surface area contributed by atoms with E-state index in [0.29, 0.717) is 23.4 Å². The maximum absolute atomic E-state index is 13.1. The third-order valence-electron chi connectivity index (χ3n) is 2.78. The fourth-order valence-electron chi connectivity index (χ4n) is 1.79. The molecular weight excluding hydrogens is 325 g/mol. The second-order valence-corrected chi connectivity index (χ2v) is 5.03. The molecule has 2 N–H and O–H groups in total. The van der Waals surface area contributed by atoms with Crippen molar-refractivity contribution in [2.24, 2.45) is 0 Å². The minimum atomic E-state index is -0.309. The molecule has 2 rings (SSSR count). The van der Waals surface area contributed by atoms with Crippen LogP contribution < -0.4 is 10.1 Å². The monoisotopic (exact) mass is 339 g/mol. The number of ether oxygens (including phenoxy) is 1. The quantitative estimate of drug-likeness (QED) is 0.853. The molecule has 0 amide bonds. The van der Waals surface area contributed by atoms with E-state index in [1.807, 2.05) is 19.1 Å². The SMILES string of the molecule is CCOc1cccc(CNc2ccc(F)c(Br)c2)c1O. The maximum Gasteiger partial charge on any atom is 0.162 e. The molecule has 0 heterocycles. The average Bonchev–Trinajstić information content (AvgIpc) is 2.44. The first-order valence-electron chi connectivity index (χ1n) is 6.24. The number of hydrogen-bond acceptors (Lipinski definition) is 3. The molecule has 0 aromatic heterocycles. The molecule has 0 spiro atoms. The van der Waals surface area contributed by atoms with Gasteiger partial charge in [0.1, 0.15) is 5.82 Å². The Morgan fingerprint density at radius 3 is 2.80 bits per heavy atom. The molecule has 3 nitrogen and oxygen atoms in total. The second kappa shape index (κ2) is 6.61. The topological polar surface area (TPSA) is 41.5 Å². The maximum atomic E-state index is 13.1. The van der Waals surface area contributed by atoms with E-state index in [4.69, 9.17) is 4.74 Å². The molecule has 106 valence electrons. The van der Waals surface area contributed by atoms with E-state index in [2.05, 4.69) is 21.2 Å². The summed E-state index contributed by atoms with van der Waals surface area (Å²) in [5.74, 6) is 0.284. The van der Waals surface area contributed by atoms with Crippen LogP contribution in [0.15, 0.2) is 40.9 Å². The van der Waals surface area contributed by atoms with E-state index < -0.39 is 0 Å². The zero-order valence-electron chi connectivity index (χ0n) is 11.0. The molecule has 0 bridgehead atoms. The number of anilines is 1. The van der Waals surface area contributed by atoms with Crippen molar-refractivity contribution in [2.75, 3.05) is 11.9 Å². The Kier molecular flexibility index (Phi) is 4.84. The van der Waals surface area contributed by atoms with Gasteiger partial charge in [0.15, 0.2) is 11.5 Å². The molecule has 0 saturated heterocycles. The molecule has 2 aromatic rings. The lowest BCUT2D eigenvalue weighted by molar-refractivity contribution is 0.317. The van der Waals surface area contributed by atoms with Gasteiger partial charge in [-0.1, -0.05) is 12.1 Å². The Morgan fingerprint density at radius 2 is 2.10 bits per heavy atom. The fourth-order valence-corrected chi connectivity index (χ4v) is 2.16. The Balaban J connectivity index is 2.10. The molecule has 20 heavy (non-hydrogen) atoms. The largest absolute Gasteiger partial charge is 0.504 e. The van der Waals surface area contributed by atoms with Crippen LogP contribution in [0.25, 0.3) is 0 Å². The third-order valence-corrected chi connectivity index (χ3v) is 3.39. The Morgan fingerprint density at radius 1 is 1.30 bits per heavy atom. The first-order valence-corrected chi connectivity index (χ1v) is 7.03. The van der Waals surface area contributed by atoms with Crippen molar-refractivity contribution in [3.63, 3.8) is 0 Å². The van der Waals surface area contributed by atoms with Gasteiger partial charge < -0.3 is 15.2 Å². The lowest BCUT2D eigenvalue weighted by Gasteiger charge is -2.12. The average molecular weight is 340 g/mol. The zero-order chi connectivity index (χ0) is 14.5. The van der Waals surface area contributed by atoms with Crippen molar-refractivity contribution in [3.05, 3.63) is 52.3 Å². The highest BCUT2D eigenvalue weighted by Crippen LogP contribution is 2.30. The molecule has 5 heteroatoms. The molecule has 0 aliphatic rings. The number of para-hydroxylation sites is 1. The van der Waals surface area contributed by atoms with Crippen LogP contribution in [-0.4, -0.2) is 11.7 Å². The summed E-state index contributed by atoms with van der Waals surface area (Å²) in [5, 5.41) is 13.2. The van der Waals surface area contributed by atoms with E-state index >= 15 is 0 Å². The molecule has 0 radical (unpaired) electrons. The number of aromatic hydroxyl groups is 1. The number of phenols is 1. The van der Waals surface area contributed by atoms with Crippen LogP contribution in [0, 0.1) is 5.82 Å². The van der Waals surface area contributed by atoms with E-state index in [1.165, 1.54) is 6.07 Å². The summed E-state index contributed by atoms with van der Waals surface area (Å²) in [5.41, 5.74) is 1.48. The summed E-state index contributed by atoms with van der Waals surface area (Å²) < 4.78 is 18.9. The fraction of sp³-hybridized carbons (Fsp3) is 0.200. The molecular formula is C15H15BrFNO2. The second-order valence-electron chi connectivity index (χ2n) is 4.18. The van der Waals surface area contributed by atoms with Crippen molar-refractivity contribution >= 4 is 21.6 Å². The number of halogens is 2. The first kappa shape index (κ1) is 14.7. The third kappa shape index (κ3) is 3.42. The summed E-state index contributed by atoms with van der Waals surface area (Å²) in [6.07, 6.45) is 0. The first-order chi connectivity index (χ1) is 9.61. The van der Waals surface area contributed by atoms with Crippen LogP contribution in [0.3, 0.4) is 0 Å². The van der Waals surface area contributed by atoms with Gasteiger partial charge in [-0.15, -0.1) is 0 Å². The van der Waals surface area contributed by atoms with Gasteiger partial charge in [-0.3, -0.25) is 0 Å². The predicted octanol–water partition coefficient (Wildman–Crippen LogP) is 4.30. The van der Waals surface area contributed by atoms with Gasteiger partial charge in [0.05, 0.1) is 11.1 Å². The highest BCUT2D eigenvalue weighted by atomic mass is 79.9. The van der Waals surface area contributed by atoms with Crippen LogP contribution in [0.5, 0.6) is 11.5 Å². The van der Waals surface area contributed by atoms with Gasteiger partial charge in [0, 0.05) is 17.8 Å². The van der Waals surface area contributed by atoms with Gasteiger partial charge >= 0.3 is 0 Å². The van der Waals surface area contributed by atoms with Gasteiger partial charge in [-0.2, -0.15) is 0 Å². The van der Waals surface area contributed by atoms with Crippen molar-refractivity contribution in [3.8, 4) is 11.5 Å². The Bertz CT molecular complexity index is 604. The molecule has 0 saturated carbocycles. The van der Waals surface area contributed by atoms with Gasteiger partial charge in [-0.25, -0.2) is 4.39 Å². The highest BCUT2D eigenvalue weighted by molar-refractivity contribution is 9.10. The van der Waals surface area contributed by atoms with Crippen LogP contribution in [0.1, 0.15) is 12.5 Å². The number of benzene rings is 2. The highest BCUT2D eigenvalue weighted by Gasteiger charge is 2.08. The molecule has 0 aliphatic heterocycles. The minimum absolute atomic E-state index is 0.128. The van der Waals surface area contributed by atoms with E-state index in [-0.39, 0.29) is 11.6 Å². The van der Waals surface area contributed by atoms with Crippen LogP contribution in [-0.2, 0) is 6.54 Å². The summed E-state index contributed by atoms with van der Waals surface area (Å²) in [4.78, 5) is 0. The Labute approximate surface area is 125 Å². The van der Waals surface area contributed by atoms with Crippen LogP contribution in [0.4, 0.5) is 10.1 Å². The molecule has 0 fully saturated rings. The van der Waals surface area contributed by atoms with Crippen LogP contribution in [0.2, 0.25) is 0 Å². The summed E-state index contributed by atoms with van der Waals surface area (Å²) in [6, 6.07) is 10.0. The number of rotatable bonds is 5. The summed E-state index contributed by atoms with van der Waals surface area (Å²) >= 11 is 3.13. The number of nitrogens with one attached hydrogen (secondary N) is 1. The number of hydrogen-bond donors (Lipinski definition) is 2. The lowest BCUT2D eigenvalue weighted by atomic mass is 10.2. The predicted molar refractivity (Wildman–Crippen MR) is 80.7 cm³/mol. The number of phenolic OH excluding ortho intramolecular Hbond substituents is 1. The van der Waals surface area contributed by atoms with Gasteiger partial charge in [-0.05, 0) is 47.1 Å². The minimum Gasteiger partial charge on any atom is -0.504 e.